The zero-order valence-corrected chi connectivity index (χ0v) is 15.6. The predicted octanol–water partition coefficient (Wildman–Crippen LogP) is 2.82. The molecule has 0 unspecified atom stereocenters. The second-order valence-corrected chi connectivity index (χ2v) is 6.76. The molecule has 1 aromatic carbocycles. The molecule has 2 heterocycles. The summed E-state index contributed by atoms with van der Waals surface area (Å²) in [7, 11) is 0. The molecule has 27 heavy (non-hydrogen) atoms. The van der Waals surface area contributed by atoms with Crippen LogP contribution >= 0.6 is 0 Å². The Balaban J connectivity index is 1.54. The molecule has 0 spiro atoms. The molecule has 0 radical (unpaired) electrons. The quantitative estimate of drug-likeness (QED) is 0.566. The molecular formula is C20H25N5O2. The van der Waals surface area contributed by atoms with Gasteiger partial charge < -0.3 is 20.4 Å². The average Bonchev–Trinajstić information content (AvgIpc) is 3.06. The molecule has 3 rings (SSSR count). The number of nitrogens with one attached hydrogen (secondary N) is 1. The van der Waals surface area contributed by atoms with Crippen LogP contribution in [0.5, 0.6) is 0 Å². The Morgan fingerprint density at radius 2 is 1.96 bits per heavy atom. The lowest BCUT2D eigenvalue weighted by Gasteiger charge is -2.08. The van der Waals surface area contributed by atoms with Gasteiger partial charge in [-0.25, -0.2) is 9.97 Å². The molecule has 0 fully saturated rings. The molecule has 7 heteroatoms. The zero-order chi connectivity index (χ0) is 19.2. The van der Waals surface area contributed by atoms with E-state index in [9.17, 15) is 9.59 Å². The van der Waals surface area contributed by atoms with Crippen molar-refractivity contribution in [3.63, 3.8) is 0 Å². The summed E-state index contributed by atoms with van der Waals surface area (Å²) in [4.78, 5) is 31.4. The average molecular weight is 367 g/mol. The summed E-state index contributed by atoms with van der Waals surface area (Å²) < 4.78 is 2.10. The van der Waals surface area contributed by atoms with Crippen LogP contribution in [0.2, 0.25) is 0 Å². The van der Waals surface area contributed by atoms with E-state index in [4.69, 9.17) is 5.73 Å². The maximum Gasteiger partial charge on any atom is 0.220 e. The Morgan fingerprint density at radius 3 is 2.78 bits per heavy atom. The number of ketones is 1. The summed E-state index contributed by atoms with van der Waals surface area (Å²) in [5, 5.41) is 3.95. The monoisotopic (exact) mass is 367 g/mol. The number of fused-ring (bicyclic) bond motifs is 3. The standard InChI is InChI=1S/C20H25N5O2/c1-14(26)7-6-10-17(27)22-11-4-5-12-25-13-23-18-19(25)15-8-2-3-9-16(15)24-20(18)21/h2-3,8-9,13H,4-7,10-12H2,1H3,(H2,21,24)(H,22,27). The van der Waals surface area contributed by atoms with E-state index in [-0.39, 0.29) is 11.7 Å². The number of carbonyl (C=O) groups is 2. The fraction of sp³-hybridized carbons (Fsp3) is 0.400. The van der Waals surface area contributed by atoms with Crippen LogP contribution in [-0.2, 0) is 16.1 Å². The molecule has 2 aromatic heterocycles. The molecule has 1 amide bonds. The number of unbranched alkanes of at least 4 members (excludes halogenated alkanes) is 1. The van der Waals surface area contributed by atoms with Crippen molar-refractivity contribution < 1.29 is 9.59 Å². The number of para-hydroxylation sites is 1. The Kier molecular flexibility index (Phi) is 6.01. The third kappa shape index (κ3) is 4.61. The fourth-order valence-corrected chi connectivity index (χ4v) is 3.20. The van der Waals surface area contributed by atoms with Gasteiger partial charge in [0.25, 0.3) is 0 Å². The highest BCUT2D eigenvalue weighted by Crippen LogP contribution is 2.27. The van der Waals surface area contributed by atoms with E-state index in [2.05, 4.69) is 19.9 Å². The fourth-order valence-electron chi connectivity index (χ4n) is 3.20. The molecule has 142 valence electrons. The van der Waals surface area contributed by atoms with Gasteiger partial charge in [-0.2, -0.15) is 0 Å². The summed E-state index contributed by atoms with van der Waals surface area (Å²) >= 11 is 0. The number of imidazole rings is 1. The van der Waals surface area contributed by atoms with Gasteiger partial charge in [0.2, 0.25) is 5.91 Å². The van der Waals surface area contributed by atoms with Gasteiger partial charge >= 0.3 is 0 Å². The number of benzene rings is 1. The Morgan fingerprint density at radius 1 is 1.15 bits per heavy atom. The molecule has 0 aliphatic rings. The molecule has 0 atom stereocenters. The number of Topliss-reactive ketones (excluding diaryl/α,β-unsaturated/α-hetero) is 1. The van der Waals surface area contributed by atoms with Crippen LogP contribution in [0.4, 0.5) is 5.82 Å². The van der Waals surface area contributed by atoms with Gasteiger partial charge in [0.1, 0.15) is 11.3 Å². The minimum atomic E-state index is 0.00849. The molecule has 0 aliphatic heterocycles. The van der Waals surface area contributed by atoms with Gasteiger partial charge in [-0.15, -0.1) is 0 Å². The van der Waals surface area contributed by atoms with Crippen LogP contribution in [-0.4, -0.2) is 32.8 Å². The van der Waals surface area contributed by atoms with Crippen molar-refractivity contribution in [2.75, 3.05) is 12.3 Å². The smallest absolute Gasteiger partial charge is 0.220 e. The van der Waals surface area contributed by atoms with Crippen molar-refractivity contribution in [2.45, 2.75) is 45.6 Å². The molecule has 0 aliphatic carbocycles. The van der Waals surface area contributed by atoms with Gasteiger partial charge in [-0.3, -0.25) is 4.79 Å². The molecule has 3 N–H and O–H groups in total. The Hall–Kier alpha value is -2.96. The lowest BCUT2D eigenvalue weighted by Crippen LogP contribution is -2.24. The number of pyridine rings is 1. The van der Waals surface area contributed by atoms with Crippen LogP contribution in [0.1, 0.15) is 39.0 Å². The number of aryl methyl sites for hydroxylation is 1. The molecule has 0 saturated carbocycles. The van der Waals surface area contributed by atoms with Gasteiger partial charge in [-0.1, -0.05) is 18.2 Å². The van der Waals surface area contributed by atoms with E-state index in [1.54, 1.807) is 13.3 Å². The van der Waals surface area contributed by atoms with Crippen LogP contribution in [0.3, 0.4) is 0 Å². The van der Waals surface area contributed by atoms with Crippen molar-refractivity contribution in [1.82, 2.24) is 19.9 Å². The number of nitrogens with two attached hydrogens (primary N) is 1. The second kappa shape index (κ2) is 8.62. The van der Waals surface area contributed by atoms with Crippen LogP contribution in [0, 0.1) is 0 Å². The minimum Gasteiger partial charge on any atom is -0.382 e. The Bertz CT molecular complexity index is 964. The maximum absolute atomic E-state index is 11.7. The summed E-state index contributed by atoms with van der Waals surface area (Å²) in [5.74, 6) is 0.577. The van der Waals surface area contributed by atoms with Crippen molar-refractivity contribution >= 4 is 39.4 Å². The van der Waals surface area contributed by atoms with Crippen LogP contribution < -0.4 is 11.1 Å². The van der Waals surface area contributed by atoms with E-state index >= 15 is 0 Å². The molecular weight excluding hydrogens is 342 g/mol. The summed E-state index contributed by atoms with van der Waals surface area (Å²) in [6.45, 7) is 2.98. The molecule has 0 bridgehead atoms. The molecule has 0 saturated heterocycles. The van der Waals surface area contributed by atoms with Gasteiger partial charge in [0.15, 0.2) is 5.82 Å². The number of rotatable bonds is 9. The highest BCUT2D eigenvalue weighted by Gasteiger charge is 2.11. The van der Waals surface area contributed by atoms with E-state index in [1.807, 2.05) is 24.3 Å². The van der Waals surface area contributed by atoms with Gasteiger partial charge in [-0.05, 0) is 32.3 Å². The second-order valence-electron chi connectivity index (χ2n) is 6.76. The van der Waals surface area contributed by atoms with Gasteiger partial charge in [0.05, 0.1) is 17.4 Å². The third-order valence-corrected chi connectivity index (χ3v) is 4.56. The lowest BCUT2D eigenvalue weighted by molar-refractivity contribution is -0.121. The minimum absolute atomic E-state index is 0.00849. The number of hydrogen-bond donors (Lipinski definition) is 2. The molecule has 7 nitrogen and oxygen atoms in total. The first-order chi connectivity index (χ1) is 13.1. The highest BCUT2D eigenvalue weighted by molar-refractivity contribution is 6.06. The largest absolute Gasteiger partial charge is 0.382 e. The number of amides is 1. The predicted molar refractivity (Wildman–Crippen MR) is 106 cm³/mol. The number of hydrogen-bond acceptors (Lipinski definition) is 5. The number of aromatic nitrogens is 3. The van der Waals surface area contributed by atoms with E-state index in [0.29, 0.717) is 31.6 Å². The normalized spacial score (nSPS) is 11.1. The first kappa shape index (κ1) is 18.8. The summed E-state index contributed by atoms with van der Waals surface area (Å²) in [6, 6.07) is 7.91. The third-order valence-electron chi connectivity index (χ3n) is 4.56. The van der Waals surface area contributed by atoms with Crippen molar-refractivity contribution in [2.24, 2.45) is 0 Å². The number of carbonyl (C=O) groups excluding carboxylic acids is 2. The topological polar surface area (TPSA) is 103 Å². The summed E-state index contributed by atoms with van der Waals surface area (Å²) in [5.41, 5.74) is 8.65. The van der Waals surface area contributed by atoms with E-state index in [0.717, 1.165) is 41.3 Å². The van der Waals surface area contributed by atoms with Crippen molar-refractivity contribution in [3.8, 4) is 0 Å². The van der Waals surface area contributed by atoms with Crippen molar-refractivity contribution in [1.29, 1.82) is 0 Å². The first-order valence-electron chi connectivity index (χ1n) is 9.31. The number of nitrogen functional groups attached to an aromatic ring is 1. The molecule has 3 aromatic rings. The Labute approximate surface area is 158 Å². The highest BCUT2D eigenvalue weighted by atomic mass is 16.1. The van der Waals surface area contributed by atoms with Gasteiger partial charge in [0, 0.05) is 31.3 Å². The number of anilines is 1. The summed E-state index contributed by atoms with van der Waals surface area (Å²) in [6.07, 6.45) is 5.07. The SMILES string of the molecule is CC(=O)CCCC(=O)NCCCCn1cnc2c(N)nc3ccccc3c21. The maximum atomic E-state index is 11.7. The van der Waals surface area contributed by atoms with E-state index in [1.165, 1.54) is 0 Å². The van der Waals surface area contributed by atoms with Crippen LogP contribution in [0.15, 0.2) is 30.6 Å². The first-order valence-corrected chi connectivity index (χ1v) is 9.31. The van der Waals surface area contributed by atoms with Crippen LogP contribution in [0.25, 0.3) is 21.9 Å². The number of nitrogens with zero attached hydrogens (tertiary/aromatic N) is 3. The lowest BCUT2D eigenvalue weighted by atomic mass is 10.2. The van der Waals surface area contributed by atoms with E-state index < -0.39 is 0 Å². The zero-order valence-electron chi connectivity index (χ0n) is 15.6. The van der Waals surface area contributed by atoms with Crippen molar-refractivity contribution in [3.05, 3.63) is 30.6 Å².